The lowest BCUT2D eigenvalue weighted by atomic mass is 10.2. The third kappa shape index (κ3) is 3.46. The quantitative estimate of drug-likeness (QED) is 0.462. The Morgan fingerprint density at radius 2 is 2.31 bits per heavy atom. The first-order valence-corrected chi connectivity index (χ1v) is 5.49. The van der Waals surface area contributed by atoms with Crippen LogP contribution < -0.4 is 10.5 Å². The Kier molecular flexibility index (Phi) is 4.42. The van der Waals surface area contributed by atoms with Crippen molar-refractivity contribution < 1.29 is 0 Å². The first kappa shape index (κ1) is 10.7. The molecule has 0 aliphatic rings. The Labute approximate surface area is 88.0 Å². The molecule has 72 valence electrons. The van der Waals surface area contributed by atoms with E-state index in [0.29, 0.717) is 5.69 Å². The maximum atomic E-state index is 5.98. The van der Waals surface area contributed by atoms with E-state index in [1.165, 1.54) is 0 Å². The van der Waals surface area contributed by atoms with Gasteiger partial charge in [-0.25, -0.2) is 0 Å². The molecule has 1 aromatic rings. The van der Waals surface area contributed by atoms with Crippen LogP contribution in [0.25, 0.3) is 0 Å². The molecule has 0 unspecified atom stereocenters. The zero-order chi connectivity index (χ0) is 9.68. The van der Waals surface area contributed by atoms with Gasteiger partial charge in [0.25, 0.3) is 0 Å². The van der Waals surface area contributed by atoms with Gasteiger partial charge in [-0.3, -0.25) is 4.72 Å². The molecule has 0 aliphatic heterocycles. The van der Waals surface area contributed by atoms with Gasteiger partial charge in [-0.1, -0.05) is 36.5 Å². The molecule has 0 fully saturated rings. The van der Waals surface area contributed by atoms with Crippen molar-refractivity contribution in [2.24, 2.45) is 0 Å². The number of nitrogens with one attached hydrogen (secondary N) is 1. The van der Waals surface area contributed by atoms with Gasteiger partial charge in [0.2, 0.25) is 0 Å². The predicted molar refractivity (Wildman–Crippen MR) is 60.8 cm³/mol. The summed E-state index contributed by atoms with van der Waals surface area (Å²) in [5.41, 5.74) is 7.36. The van der Waals surface area contributed by atoms with Crippen LogP contribution >= 0.6 is 23.5 Å². The van der Waals surface area contributed by atoms with Gasteiger partial charge in [-0.2, -0.15) is 0 Å². The number of anilines is 1. The largest absolute Gasteiger partial charge is 0.399 e. The van der Waals surface area contributed by atoms with E-state index in [1.54, 1.807) is 18.0 Å². The zero-order valence-electron chi connectivity index (χ0n) is 7.51. The molecule has 4 heteroatoms. The van der Waals surface area contributed by atoms with Crippen LogP contribution in [0.5, 0.6) is 0 Å². The molecular formula is C9H13ClN2S. The maximum absolute atomic E-state index is 5.98. The van der Waals surface area contributed by atoms with Crippen molar-refractivity contribution in [2.75, 3.05) is 11.5 Å². The van der Waals surface area contributed by atoms with Crippen LogP contribution in [0, 0.1) is 0 Å². The third-order valence-electron chi connectivity index (χ3n) is 1.59. The summed E-state index contributed by atoms with van der Waals surface area (Å²) in [6.07, 6.45) is 0. The van der Waals surface area contributed by atoms with Crippen molar-refractivity contribution in [3.8, 4) is 0 Å². The van der Waals surface area contributed by atoms with E-state index in [-0.39, 0.29) is 0 Å². The van der Waals surface area contributed by atoms with Gasteiger partial charge < -0.3 is 5.73 Å². The Balaban J connectivity index is 2.56. The summed E-state index contributed by atoms with van der Waals surface area (Å²) in [5, 5.41) is 0.726. The number of hydrogen-bond acceptors (Lipinski definition) is 3. The van der Waals surface area contributed by atoms with E-state index in [0.717, 1.165) is 22.9 Å². The number of hydrogen-bond donors (Lipinski definition) is 2. The lowest BCUT2D eigenvalue weighted by Crippen LogP contribution is -2.04. The van der Waals surface area contributed by atoms with Crippen LogP contribution in [-0.4, -0.2) is 5.75 Å². The summed E-state index contributed by atoms with van der Waals surface area (Å²) in [6.45, 7) is 2.87. The molecule has 0 spiro atoms. The maximum Gasteiger partial charge on any atom is 0.0471 e. The van der Waals surface area contributed by atoms with Crippen LogP contribution in [0.4, 0.5) is 5.69 Å². The molecule has 1 rings (SSSR count). The molecule has 0 bridgehead atoms. The van der Waals surface area contributed by atoms with E-state index >= 15 is 0 Å². The molecule has 0 heterocycles. The summed E-state index contributed by atoms with van der Waals surface area (Å²) < 4.78 is 3.20. The normalized spacial score (nSPS) is 10.3. The highest BCUT2D eigenvalue weighted by atomic mass is 35.5. The second-order valence-electron chi connectivity index (χ2n) is 2.60. The van der Waals surface area contributed by atoms with Crippen LogP contribution in [-0.2, 0) is 6.54 Å². The molecule has 13 heavy (non-hydrogen) atoms. The minimum absolute atomic E-state index is 0.705. The van der Waals surface area contributed by atoms with E-state index in [4.69, 9.17) is 17.3 Å². The monoisotopic (exact) mass is 216 g/mol. The van der Waals surface area contributed by atoms with E-state index in [9.17, 15) is 0 Å². The predicted octanol–water partition coefficient (Wildman–Crippen LogP) is 2.68. The van der Waals surface area contributed by atoms with E-state index < -0.39 is 0 Å². The molecular weight excluding hydrogens is 204 g/mol. The Hall–Kier alpha value is -0.380. The average Bonchev–Trinajstić information content (AvgIpc) is 2.09. The number of rotatable bonds is 4. The van der Waals surface area contributed by atoms with Crippen molar-refractivity contribution in [2.45, 2.75) is 13.5 Å². The summed E-state index contributed by atoms with van der Waals surface area (Å²) >= 11 is 7.66. The fourth-order valence-electron chi connectivity index (χ4n) is 0.938. The minimum atomic E-state index is 0.705. The Morgan fingerprint density at radius 1 is 1.54 bits per heavy atom. The molecule has 2 nitrogen and oxygen atoms in total. The fraction of sp³-hybridized carbons (Fsp3) is 0.333. The fourth-order valence-corrected chi connectivity index (χ4v) is 1.66. The van der Waals surface area contributed by atoms with Gasteiger partial charge in [0.15, 0.2) is 0 Å². The van der Waals surface area contributed by atoms with Crippen LogP contribution in [0.15, 0.2) is 18.2 Å². The van der Waals surface area contributed by atoms with Gasteiger partial charge in [-0.15, -0.1) is 0 Å². The molecule has 1 aromatic carbocycles. The summed E-state index contributed by atoms with van der Waals surface area (Å²) in [6, 6.07) is 5.58. The summed E-state index contributed by atoms with van der Waals surface area (Å²) in [7, 11) is 0. The van der Waals surface area contributed by atoms with Crippen molar-refractivity contribution >= 4 is 29.2 Å². The lowest BCUT2D eigenvalue weighted by Gasteiger charge is -2.05. The zero-order valence-corrected chi connectivity index (χ0v) is 9.08. The Morgan fingerprint density at radius 3 is 2.92 bits per heavy atom. The van der Waals surface area contributed by atoms with E-state index in [1.807, 2.05) is 12.1 Å². The lowest BCUT2D eigenvalue weighted by molar-refractivity contribution is 0.977. The molecule has 0 aromatic heterocycles. The average molecular weight is 217 g/mol. The smallest absolute Gasteiger partial charge is 0.0471 e. The summed E-state index contributed by atoms with van der Waals surface area (Å²) in [5.74, 6) is 1.05. The standard InChI is InChI=1S/C9H13ClN2S/c1-2-13-12-6-7-3-4-8(11)5-9(7)10/h3-5,12H,2,6,11H2,1H3. The molecule has 3 N–H and O–H groups in total. The summed E-state index contributed by atoms with van der Waals surface area (Å²) in [4.78, 5) is 0. The highest BCUT2D eigenvalue weighted by Gasteiger charge is 1.99. The second kappa shape index (κ2) is 5.37. The van der Waals surface area contributed by atoms with Gasteiger partial charge in [0.05, 0.1) is 0 Å². The highest BCUT2D eigenvalue weighted by molar-refractivity contribution is 7.97. The molecule has 0 aliphatic carbocycles. The van der Waals surface area contributed by atoms with Gasteiger partial charge in [-0.05, 0) is 17.7 Å². The topological polar surface area (TPSA) is 38.0 Å². The van der Waals surface area contributed by atoms with Crippen molar-refractivity contribution in [3.05, 3.63) is 28.8 Å². The van der Waals surface area contributed by atoms with Gasteiger partial charge in [0, 0.05) is 23.0 Å². The first-order chi connectivity index (χ1) is 6.24. The number of nitrogen functional groups attached to an aromatic ring is 1. The SMILES string of the molecule is CCSNCc1ccc(N)cc1Cl. The molecule has 0 saturated heterocycles. The van der Waals surface area contributed by atoms with Crippen LogP contribution in [0.3, 0.4) is 0 Å². The number of benzene rings is 1. The first-order valence-electron chi connectivity index (χ1n) is 4.12. The molecule has 0 atom stereocenters. The molecule has 0 saturated carbocycles. The van der Waals surface area contributed by atoms with Crippen molar-refractivity contribution in [1.82, 2.24) is 4.72 Å². The minimum Gasteiger partial charge on any atom is -0.399 e. The van der Waals surface area contributed by atoms with Gasteiger partial charge >= 0.3 is 0 Å². The van der Waals surface area contributed by atoms with Crippen LogP contribution in [0.2, 0.25) is 5.02 Å². The third-order valence-corrected chi connectivity index (χ3v) is 2.58. The van der Waals surface area contributed by atoms with E-state index in [2.05, 4.69) is 11.6 Å². The van der Waals surface area contributed by atoms with Crippen LogP contribution in [0.1, 0.15) is 12.5 Å². The van der Waals surface area contributed by atoms with Crippen molar-refractivity contribution in [3.63, 3.8) is 0 Å². The Bertz CT molecular complexity index is 278. The van der Waals surface area contributed by atoms with Gasteiger partial charge in [0.1, 0.15) is 0 Å². The van der Waals surface area contributed by atoms with Crippen molar-refractivity contribution in [1.29, 1.82) is 0 Å². The number of nitrogens with two attached hydrogens (primary N) is 1. The number of halogens is 1. The molecule has 0 radical (unpaired) electrons. The molecule has 0 amide bonds. The highest BCUT2D eigenvalue weighted by Crippen LogP contribution is 2.19. The second-order valence-corrected chi connectivity index (χ2v) is 4.17.